The molecule has 1 N–H and O–H groups in total. The van der Waals surface area contributed by atoms with Crippen molar-refractivity contribution in [3.63, 3.8) is 0 Å². The third-order valence-electron chi connectivity index (χ3n) is 10.5. The van der Waals surface area contributed by atoms with Gasteiger partial charge in [-0.05, 0) is 132 Å². The van der Waals surface area contributed by atoms with Crippen LogP contribution in [0.25, 0.3) is 25.6 Å². The molecule has 302 valence electrons. The van der Waals surface area contributed by atoms with Crippen LogP contribution >= 0.6 is 22.7 Å². The molecule has 0 amide bonds. The molecule has 12 heteroatoms. The van der Waals surface area contributed by atoms with Crippen molar-refractivity contribution in [2.45, 2.75) is 88.5 Å². The maximum Gasteiger partial charge on any atom is 0.213 e. The first-order valence-electron chi connectivity index (χ1n) is 19.9. The van der Waals surface area contributed by atoms with Crippen molar-refractivity contribution < 1.29 is 0 Å². The molecule has 4 aromatic carbocycles. The van der Waals surface area contributed by atoms with Crippen LogP contribution < -0.4 is 10.2 Å². The van der Waals surface area contributed by atoms with Crippen LogP contribution in [0.15, 0.2) is 77.0 Å². The smallest absolute Gasteiger partial charge is 0.213 e. The van der Waals surface area contributed by atoms with Crippen LogP contribution in [-0.2, 0) is 5.41 Å². The minimum atomic E-state index is -0.449. The van der Waals surface area contributed by atoms with Crippen LogP contribution in [0, 0.1) is 73.6 Å². The number of azo groups is 1. The van der Waals surface area contributed by atoms with Crippen molar-refractivity contribution in [3.05, 3.63) is 128 Å². The average molecular weight is 829 g/mol. The standard InChI is InChI=1S/C48H48N10S2/c1-25-13-15-35-37(21-25)59-46(50-35)57(42-32(8)19-28(4)20-33(42)9)39-23-31(7)41(44(52-39)53-40-29(5)17-27(3)18-30(40)6)54-55-45-34(24-49)43(48(10,11)12)56-58(45)47-51-36-16-14-26(2)22-38(36)60-47/h13-23H,1-12H3,(H,52,53)/b55-54+. The van der Waals surface area contributed by atoms with Crippen molar-refractivity contribution in [1.29, 1.82) is 5.26 Å². The van der Waals surface area contributed by atoms with Gasteiger partial charge in [0.05, 0.1) is 31.8 Å². The number of nitriles is 1. The molecule has 4 heterocycles. The Hall–Kier alpha value is -6.29. The first-order valence-corrected chi connectivity index (χ1v) is 21.6. The third kappa shape index (κ3) is 7.55. The Kier molecular flexibility index (Phi) is 10.4. The highest BCUT2D eigenvalue weighted by atomic mass is 32.1. The van der Waals surface area contributed by atoms with E-state index in [-0.39, 0.29) is 0 Å². The summed E-state index contributed by atoms with van der Waals surface area (Å²) in [4.78, 5) is 17.7. The van der Waals surface area contributed by atoms with E-state index < -0.39 is 5.41 Å². The van der Waals surface area contributed by atoms with Gasteiger partial charge in [0, 0.05) is 11.1 Å². The molecule has 8 aromatic rings. The Morgan fingerprint density at radius 2 is 1.25 bits per heavy atom. The van der Waals surface area contributed by atoms with Crippen molar-refractivity contribution in [1.82, 2.24) is 24.7 Å². The SMILES string of the molecule is Cc1cc(C)c(Nc2nc(N(c3nc4ccc(C)cc4s3)c3c(C)cc(C)cc3C)cc(C)c2/N=N/c2c(C#N)c(C(C)(C)C)nn2-c2nc3ccc(C)cc3s2)c(C)c1. The number of aryl methyl sites for hydroxylation is 9. The van der Waals surface area contributed by atoms with Gasteiger partial charge < -0.3 is 5.32 Å². The Morgan fingerprint density at radius 3 is 1.85 bits per heavy atom. The van der Waals surface area contributed by atoms with Gasteiger partial charge in [-0.15, -0.1) is 10.2 Å². The molecule has 0 atom stereocenters. The van der Waals surface area contributed by atoms with Gasteiger partial charge in [0.1, 0.15) is 23.1 Å². The summed E-state index contributed by atoms with van der Waals surface area (Å²) in [5.74, 6) is 1.52. The lowest BCUT2D eigenvalue weighted by Gasteiger charge is -2.27. The molecule has 0 unspecified atom stereocenters. The van der Waals surface area contributed by atoms with Gasteiger partial charge in [-0.25, -0.2) is 15.0 Å². The molecule has 0 aliphatic rings. The zero-order chi connectivity index (χ0) is 42.8. The van der Waals surface area contributed by atoms with Crippen LogP contribution in [0.5, 0.6) is 0 Å². The Bertz CT molecular complexity index is 3030. The molecule has 0 fully saturated rings. The lowest BCUT2D eigenvalue weighted by atomic mass is 9.90. The number of aromatic nitrogens is 5. The third-order valence-corrected chi connectivity index (χ3v) is 12.5. The Labute approximate surface area is 359 Å². The maximum absolute atomic E-state index is 10.7. The van der Waals surface area contributed by atoms with E-state index in [9.17, 15) is 5.26 Å². The fraction of sp³-hybridized carbons (Fsp3) is 0.271. The lowest BCUT2D eigenvalue weighted by Crippen LogP contribution is -2.15. The fourth-order valence-electron chi connectivity index (χ4n) is 7.89. The van der Waals surface area contributed by atoms with Crippen molar-refractivity contribution in [3.8, 4) is 11.2 Å². The molecule has 10 nitrogen and oxygen atoms in total. The number of thiazole rings is 2. The number of fused-ring (bicyclic) bond motifs is 2. The number of hydrogen-bond acceptors (Lipinski definition) is 11. The minimum Gasteiger partial charge on any atom is -0.338 e. The summed E-state index contributed by atoms with van der Waals surface area (Å²) in [5.41, 5.74) is 14.7. The summed E-state index contributed by atoms with van der Waals surface area (Å²) in [6, 6.07) is 25.7. The van der Waals surface area contributed by atoms with E-state index in [0.717, 1.165) is 70.3 Å². The second-order valence-corrected chi connectivity index (χ2v) is 19.0. The Morgan fingerprint density at radius 1 is 0.667 bits per heavy atom. The number of hydrogen-bond donors (Lipinski definition) is 1. The van der Waals surface area contributed by atoms with Crippen molar-refractivity contribution >= 4 is 82.8 Å². The Balaban J connectivity index is 1.36. The number of anilines is 5. The van der Waals surface area contributed by atoms with Crippen molar-refractivity contribution in [2.24, 2.45) is 10.2 Å². The highest BCUT2D eigenvalue weighted by Gasteiger charge is 2.30. The highest BCUT2D eigenvalue weighted by molar-refractivity contribution is 7.22. The second kappa shape index (κ2) is 15.4. The lowest BCUT2D eigenvalue weighted by molar-refractivity contribution is 0.559. The monoisotopic (exact) mass is 828 g/mol. The number of nitrogens with one attached hydrogen (secondary N) is 1. The first-order chi connectivity index (χ1) is 28.5. The topological polar surface area (TPSA) is 120 Å². The molecule has 0 aliphatic heterocycles. The van der Waals surface area contributed by atoms with Crippen LogP contribution in [0.3, 0.4) is 0 Å². The number of rotatable bonds is 8. The van der Waals surface area contributed by atoms with E-state index in [4.69, 9.17) is 30.3 Å². The normalized spacial score (nSPS) is 11.9. The second-order valence-electron chi connectivity index (χ2n) is 16.9. The van der Waals surface area contributed by atoms with Gasteiger partial charge in [-0.2, -0.15) is 15.0 Å². The first kappa shape index (κ1) is 40.5. The molecule has 0 bridgehead atoms. The number of benzene rings is 4. The number of nitrogens with zero attached hydrogens (tertiary/aromatic N) is 9. The average Bonchev–Trinajstić information content (AvgIpc) is 3.88. The zero-order valence-electron chi connectivity index (χ0n) is 36.2. The van der Waals surface area contributed by atoms with Gasteiger partial charge >= 0.3 is 0 Å². The highest BCUT2D eigenvalue weighted by Crippen LogP contribution is 2.45. The summed E-state index contributed by atoms with van der Waals surface area (Å²) in [6.45, 7) is 25.0. The summed E-state index contributed by atoms with van der Waals surface area (Å²) in [5, 5.41) is 30.7. The van der Waals surface area contributed by atoms with Crippen molar-refractivity contribution in [2.75, 3.05) is 10.2 Å². The zero-order valence-corrected chi connectivity index (χ0v) is 37.8. The molecule has 0 saturated carbocycles. The van der Waals surface area contributed by atoms with Gasteiger partial charge in [-0.1, -0.05) is 91.0 Å². The van der Waals surface area contributed by atoms with Crippen LogP contribution in [0.4, 0.5) is 39.6 Å². The van der Waals surface area contributed by atoms with E-state index in [1.165, 1.54) is 28.0 Å². The van der Waals surface area contributed by atoms with Gasteiger partial charge in [0.15, 0.2) is 16.8 Å². The molecule has 0 radical (unpaired) electrons. The molecule has 0 spiro atoms. The largest absolute Gasteiger partial charge is 0.338 e. The van der Waals surface area contributed by atoms with E-state index in [2.05, 4.69) is 120 Å². The predicted octanol–water partition coefficient (Wildman–Crippen LogP) is 14.1. The molecule has 0 saturated heterocycles. The van der Waals surface area contributed by atoms with E-state index in [0.29, 0.717) is 39.5 Å². The summed E-state index contributed by atoms with van der Waals surface area (Å²) < 4.78 is 3.80. The van der Waals surface area contributed by atoms with Crippen LogP contribution in [-0.4, -0.2) is 24.7 Å². The quantitative estimate of drug-likeness (QED) is 0.151. The maximum atomic E-state index is 10.7. The molecule has 60 heavy (non-hydrogen) atoms. The van der Waals surface area contributed by atoms with E-state index >= 15 is 0 Å². The molecule has 8 rings (SSSR count). The van der Waals surface area contributed by atoms with Gasteiger partial charge in [0.25, 0.3) is 0 Å². The van der Waals surface area contributed by atoms with Crippen LogP contribution in [0.1, 0.15) is 82.1 Å². The minimum absolute atomic E-state index is 0.313. The van der Waals surface area contributed by atoms with E-state index in [1.807, 2.05) is 45.9 Å². The summed E-state index contributed by atoms with van der Waals surface area (Å²) in [6.07, 6.45) is 0. The van der Waals surface area contributed by atoms with Crippen LogP contribution in [0.2, 0.25) is 0 Å². The molecular formula is C48H48N10S2. The summed E-state index contributed by atoms with van der Waals surface area (Å²) >= 11 is 3.15. The van der Waals surface area contributed by atoms with Gasteiger partial charge in [-0.3, -0.25) is 4.90 Å². The number of pyridine rings is 1. The summed E-state index contributed by atoms with van der Waals surface area (Å²) in [7, 11) is 0. The van der Waals surface area contributed by atoms with Gasteiger partial charge in [0.2, 0.25) is 5.13 Å². The van der Waals surface area contributed by atoms with E-state index in [1.54, 1.807) is 16.0 Å². The molecule has 4 aromatic heterocycles. The molecular weight excluding hydrogens is 781 g/mol. The molecule has 0 aliphatic carbocycles. The predicted molar refractivity (Wildman–Crippen MR) is 249 cm³/mol. The fourth-order valence-corrected chi connectivity index (χ4v) is 9.99.